The van der Waals surface area contributed by atoms with Crippen LogP contribution in [0.5, 0.6) is 0 Å². The molecule has 4 rings (SSSR count). The third kappa shape index (κ3) is 5.05. The van der Waals surface area contributed by atoms with Crippen LogP contribution < -0.4 is 0 Å². The number of nitrogens with zero attached hydrogens (tertiary/aromatic N) is 3. The molecule has 184 valence electrons. The van der Waals surface area contributed by atoms with E-state index in [-0.39, 0.29) is 11.9 Å². The third-order valence-electron chi connectivity index (χ3n) is 7.42. The summed E-state index contributed by atoms with van der Waals surface area (Å²) in [5.41, 5.74) is 0.384. The average molecular weight is 468 g/mol. The Morgan fingerprint density at radius 2 is 1.76 bits per heavy atom. The number of hydrogen-bond acceptors (Lipinski definition) is 5. The van der Waals surface area contributed by atoms with Gasteiger partial charge in [-0.15, -0.1) is 0 Å². The van der Waals surface area contributed by atoms with Gasteiger partial charge < -0.3 is 19.0 Å². The Balaban J connectivity index is 1.39. The molecule has 2 fully saturated rings. The summed E-state index contributed by atoms with van der Waals surface area (Å²) in [6, 6.07) is 13.9. The molecule has 3 amide bonds. The van der Waals surface area contributed by atoms with Gasteiger partial charge in [0.15, 0.2) is 0 Å². The molecular formula is C27H37N3O4. The van der Waals surface area contributed by atoms with Gasteiger partial charge in [0, 0.05) is 39.2 Å². The van der Waals surface area contributed by atoms with Crippen molar-refractivity contribution in [1.29, 1.82) is 0 Å². The van der Waals surface area contributed by atoms with Gasteiger partial charge in [0.2, 0.25) is 0 Å². The predicted molar refractivity (Wildman–Crippen MR) is 131 cm³/mol. The number of aryl methyl sites for hydroxylation is 1. The molecule has 7 nitrogen and oxygen atoms in total. The molecule has 1 atom stereocenters. The fourth-order valence-corrected chi connectivity index (χ4v) is 5.22. The first kappa shape index (κ1) is 24.5. The number of rotatable bonds is 10. The maximum atomic E-state index is 13.6. The minimum atomic E-state index is -0.744. The highest BCUT2D eigenvalue weighted by Crippen LogP contribution is 2.37. The number of hydrogen-bond donors (Lipinski definition) is 0. The van der Waals surface area contributed by atoms with Crippen molar-refractivity contribution in [3.05, 3.63) is 59.5 Å². The van der Waals surface area contributed by atoms with Gasteiger partial charge in [-0.25, -0.2) is 4.79 Å². The van der Waals surface area contributed by atoms with Gasteiger partial charge in [0.05, 0.1) is 6.61 Å². The summed E-state index contributed by atoms with van der Waals surface area (Å²) in [6.45, 7) is 8.01. The van der Waals surface area contributed by atoms with Gasteiger partial charge in [0.25, 0.3) is 5.91 Å². The first-order valence-electron chi connectivity index (χ1n) is 12.4. The summed E-state index contributed by atoms with van der Waals surface area (Å²) in [6.07, 6.45) is 3.00. The predicted octanol–water partition coefficient (Wildman–Crippen LogP) is 4.07. The van der Waals surface area contributed by atoms with Gasteiger partial charge in [-0.3, -0.25) is 9.69 Å². The van der Waals surface area contributed by atoms with Crippen LogP contribution in [-0.4, -0.2) is 78.6 Å². The van der Waals surface area contributed by atoms with Crippen molar-refractivity contribution >= 4 is 11.9 Å². The van der Waals surface area contributed by atoms with Gasteiger partial charge in [-0.2, -0.15) is 0 Å². The molecular weight excluding hydrogens is 430 g/mol. The Morgan fingerprint density at radius 3 is 2.41 bits per heavy atom. The Morgan fingerprint density at radius 1 is 1.03 bits per heavy atom. The summed E-state index contributed by atoms with van der Waals surface area (Å²) in [5, 5.41) is 0. The monoisotopic (exact) mass is 467 g/mol. The summed E-state index contributed by atoms with van der Waals surface area (Å²) < 4.78 is 11.1. The van der Waals surface area contributed by atoms with E-state index in [1.165, 1.54) is 4.90 Å². The van der Waals surface area contributed by atoms with Gasteiger partial charge in [-0.1, -0.05) is 37.3 Å². The number of piperidine rings is 1. The van der Waals surface area contributed by atoms with Gasteiger partial charge >= 0.3 is 6.03 Å². The minimum absolute atomic E-state index is 0.0383. The van der Waals surface area contributed by atoms with Crippen molar-refractivity contribution in [2.75, 3.05) is 46.4 Å². The highest BCUT2D eigenvalue weighted by Gasteiger charge is 2.57. The molecule has 2 aliphatic heterocycles. The fraction of sp³-hybridized carbons (Fsp3) is 0.556. The molecule has 1 spiro atoms. The summed E-state index contributed by atoms with van der Waals surface area (Å²) in [7, 11) is 1.63. The van der Waals surface area contributed by atoms with Crippen LogP contribution in [0.15, 0.2) is 46.9 Å². The number of urea groups is 1. The molecule has 0 unspecified atom stereocenters. The lowest BCUT2D eigenvalue weighted by atomic mass is 9.85. The van der Waals surface area contributed by atoms with Crippen LogP contribution in [0.2, 0.25) is 0 Å². The first-order valence-corrected chi connectivity index (χ1v) is 12.4. The van der Waals surface area contributed by atoms with E-state index >= 15 is 0 Å². The van der Waals surface area contributed by atoms with Crippen LogP contribution in [0.25, 0.3) is 0 Å². The highest BCUT2D eigenvalue weighted by atomic mass is 16.5. The van der Waals surface area contributed by atoms with E-state index in [1.54, 1.807) is 12.0 Å². The quantitative estimate of drug-likeness (QED) is 0.493. The third-order valence-corrected chi connectivity index (χ3v) is 7.42. The molecule has 34 heavy (non-hydrogen) atoms. The van der Waals surface area contributed by atoms with Crippen LogP contribution in [-0.2, 0) is 16.0 Å². The largest absolute Gasteiger partial charge is 0.466 e. The van der Waals surface area contributed by atoms with Crippen LogP contribution in [0.1, 0.15) is 49.2 Å². The SMILES string of the molecule is COCCN1C(=O)N(CCc2ccccc2)C(=O)C12CCN(CC[C@H](C)c1ccc(C)o1)CC2. The van der Waals surface area contributed by atoms with Gasteiger partial charge in [-0.05, 0) is 56.8 Å². The number of benzene rings is 1. The van der Waals surface area contributed by atoms with Crippen LogP contribution >= 0.6 is 0 Å². The fourth-order valence-electron chi connectivity index (χ4n) is 5.22. The second kappa shape index (κ2) is 10.7. The number of ether oxygens (including phenoxy) is 1. The minimum Gasteiger partial charge on any atom is -0.466 e. The van der Waals surface area contributed by atoms with E-state index in [2.05, 4.69) is 17.9 Å². The number of imide groups is 1. The molecule has 0 aliphatic carbocycles. The van der Waals surface area contributed by atoms with E-state index in [9.17, 15) is 9.59 Å². The number of likely N-dealkylation sites (tertiary alicyclic amines) is 1. The maximum Gasteiger partial charge on any atom is 0.327 e. The number of methoxy groups -OCH3 is 1. The number of carbonyl (C=O) groups is 2. The molecule has 1 aromatic carbocycles. The molecule has 0 saturated carbocycles. The lowest BCUT2D eigenvalue weighted by Gasteiger charge is -2.42. The van der Waals surface area contributed by atoms with Crippen molar-refractivity contribution in [3.8, 4) is 0 Å². The maximum absolute atomic E-state index is 13.6. The van der Waals surface area contributed by atoms with Crippen molar-refractivity contribution < 1.29 is 18.7 Å². The topological polar surface area (TPSA) is 66.2 Å². The van der Waals surface area contributed by atoms with Crippen molar-refractivity contribution in [2.45, 2.75) is 51.0 Å². The zero-order chi connectivity index (χ0) is 24.1. The van der Waals surface area contributed by atoms with E-state index in [4.69, 9.17) is 9.15 Å². The van der Waals surface area contributed by atoms with Gasteiger partial charge in [0.1, 0.15) is 17.1 Å². The molecule has 2 aliphatic rings. The Labute approximate surface area is 202 Å². The normalized spacial score (nSPS) is 19.4. The molecule has 1 aromatic heterocycles. The van der Waals surface area contributed by atoms with Crippen molar-refractivity contribution in [3.63, 3.8) is 0 Å². The summed E-state index contributed by atoms with van der Waals surface area (Å²) >= 11 is 0. The molecule has 2 aromatic rings. The van der Waals surface area contributed by atoms with Crippen LogP contribution in [0, 0.1) is 6.92 Å². The van der Waals surface area contributed by atoms with Crippen molar-refractivity contribution in [2.24, 2.45) is 0 Å². The number of carbonyl (C=O) groups excluding carboxylic acids is 2. The van der Waals surface area contributed by atoms with E-state index in [1.807, 2.05) is 43.3 Å². The smallest absolute Gasteiger partial charge is 0.327 e. The Kier molecular flexibility index (Phi) is 7.73. The molecule has 0 radical (unpaired) electrons. The second-order valence-corrected chi connectivity index (χ2v) is 9.63. The van der Waals surface area contributed by atoms with Crippen LogP contribution in [0.3, 0.4) is 0 Å². The molecule has 7 heteroatoms. The number of furan rings is 1. The molecule has 0 bridgehead atoms. The number of amides is 3. The molecule has 2 saturated heterocycles. The summed E-state index contributed by atoms with van der Waals surface area (Å²) in [4.78, 5) is 32.6. The lowest BCUT2D eigenvalue weighted by molar-refractivity contribution is -0.135. The summed E-state index contributed by atoms with van der Waals surface area (Å²) in [5.74, 6) is 2.29. The zero-order valence-corrected chi connectivity index (χ0v) is 20.7. The molecule has 3 heterocycles. The standard InChI is InChI=1S/C27H37N3O4/c1-21(24-10-9-22(2)34-24)11-15-28-17-13-27(14-18-28)25(31)29(26(32)30(27)19-20-33-3)16-12-23-7-5-4-6-8-23/h4-10,21H,11-20H2,1-3H3/t21-/m0/s1. The lowest BCUT2D eigenvalue weighted by Crippen LogP contribution is -2.57. The first-order chi connectivity index (χ1) is 16.4. The van der Waals surface area contributed by atoms with Crippen molar-refractivity contribution in [1.82, 2.24) is 14.7 Å². The zero-order valence-electron chi connectivity index (χ0n) is 20.7. The van der Waals surface area contributed by atoms with E-state index in [0.717, 1.165) is 43.1 Å². The average Bonchev–Trinajstić information content (AvgIpc) is 3.37. The Hall–Kier alpha value is -2.64. The van der Waals surface area contributed by atoms with Crippen LogP contribution in [0.4, 0.5) is 4.79 Å². The Bertz CT molecular complexity index is 965. The second-order valence-electron chi connectivity index (χ2n) is 9.63. The van der Waals surface area contributed by atoms with E-state index < -0.39 is 5.54 Å². The van der Waals surface area contributed by atoms with E-state index in [0.29, 0.717) is 44.9 Å². The highest BCUT2D eigenvalue weighted by molar-refractivity contribution is 6.07. The molecule has 0 N–H and O–H groups in total.